The third-order valence-electron chi connectivity index (χ3n) is 5.54. The highest BCUT2D eigenvalue weighted by Crippen LogP contribution is 2.11. The maximum Gasteiger partial charge on any atom is 0.343 e. The van der Waals surface area contributed by atoms with Crippen molar-refractivity contribution in [1.82, 2.24) is 19.6 Å². The molecule has 0 atom stereocenters. The molecule has 0 saturated carbocycles. The highest BCUT2D eigenvalue weighted by Gasteiger charge is 2.34. The molecule has 0 unspecified atom stereocenters. The van der Waals surface area contributed by atoms with E-state index in [0.717, 1.165) is 9.80 Å². The van der Waals surface area contributed by atoms with Gasteiger partial charge in [-0.25, -0.2) is 19.4 Å². The summed E-state index contributed by atoms with van der Waals surface area (Å²) >= 11 is 0. The molecule has 14 nitrogen and oxygen atoms in total. The molecule has 0 radical (unpaired) electrons. The number of rotatable bonds is 9. The zero-order chi connectivity index (χ0) is 25.7. The highest BCUT2D eigenvalue weighted by atomic mass is 16.6. The van der Waals surface area contributed by atoms with Crippen LogP contribution in [0.2, 0.25) is 0 Å². The predicted molar refractivity (Wildman–Crippen MR) is 115 cm³/mol. The van der Waals surface area contributed by atoms with Crippen molar-refractivity contribution in [2.24, 2.45) is 0 Å². The van der Waals surface area contributed by atoms with Crippen LogP contribution in [-0.2, 0) is 28.7 Å². The van der Waals surface area contributed by atoms with Gasteiger partial charge in [0.2, 0.25) is 23.6 Å². The van der Waals surface area contributed by atoms with E-state index in [-0.39, 0.29) is 50.4 Å². The molecule has 4 amide bonds. The second kappa shape index (κ2) is 11.0. The molecule has 2 aromatic rings. The van der Waals surface area contributed by atoms with Crippen LogP contribution in [0.5, 0.6) is 0 Å². The quantitative estimate of drug-likeness (QED) is 0.309. The summed E-state index contributed by atoms with van der Waals surface area (Å²) in [6, 6.07) is 2.79. The number of ether oxygens (including phenoxy) is 2. The van der Waals surface area contributed by atoms with Crippen LogP contribution in [0.3, 0.4) is 0 Å². The van der Waals surface area contributed by atoms with Gasteiger partial charge in [0.1, 0.15) is 12.5 Å². The normalized spacial score (nSPS) is 17.6. The first-order valence-corrected chi connectivity index (χ1v) is 10.8. The summed E-state index contributed by atoms with van der Waals surface area (Å²) in [5, 5.41) is 0. The fraction of sp³-hybridized carbons (Fsp3) is 0.364. The van der Waals surface area contributed by atoms with Gasteiger partial charge in [-0.2, -0.15) is 0 Å². The molecule has 0 aromatic carbocycles. The van der Waals surface area contributed by atoms with E-state index in [1.54, 1.807) is 9.80 Å². The lowest BCUT2D eigenvalue weighted by Crippen LogP contribution is -2.58. The lowest BCUT2D eigenvalue weighted by molar-refractivity contribution is -0.159. The summed E-state index contributed by atoms with van der Waals surface area (Å²) < 4.78 is 19.6. The van der Waals surface area contributed by atoms with E-state index < -0.39 is 49.0 Å². The average molecular weight is 502 g/mol. The van der Waals surface area contributed by atoms with Crippen molar-refractivity contribution in [2.45, 2.75) is 0 Å². The number of hydrogen-bond acceptors (Lipinski definition) is 12. The van der Waals surface area contributed by atoms with Crippen LogP contribution >= 0.6 is 0 Å². The minimum atomic E-state index is -0.725. The van der Waals surface area contributed by atoms with Gasteiger partial charge in [0.25, 0.3) is 0 Å². The van der Waals surface area contributed by atoms with Gasteiger partial charge >= 0.3 is 11.9 Å². The van der Waals surface area contributed by atoms with Gasteiger partial charge in [-0.3, -0.25) is 29.0 Å². The average Bonchev–Trinajstić information content (AvgIpc) is 3.56. The minimum absolute atomic E-state index is 0.0964. The second-order valence-corrected chi connectivity index (χ2v) is 8.00. The third kappa shape index (κ3) is 5.84. The summed E-state index contributed by atoms with van der Waals surface area (Å²) in [5.41, 5.74) is 0.322. The zero-order valence-corrected chi connectivity index (χ0v) is 19.0. The first-order chi connectivity index (χ1) is 17.3. The molecular weight excluding hydrogens is 480 g/mol. The van der Waals surface area contributed by atoms with Crippen molar-refractivity contribution in [3.05, 3.63) is 48.3 Å². The second-order valence-electron chi connectivity index (χ2n) is 8.00. The Morgan fingerprint density at radius 3 is 1.33 bits per heavy atom. The number of furan rings is 2. The molecular formula is C22H22N4O10. The molecule has 4 rings (SSSR count). The van der Waals surface area contributed by atoms with Gasteiger partial charge in [0.05, 0.1) is 49.8 Å². The van der Waals surface area contributed by atoms with Crippen LogP contribution in [-0.4, -0.2) is 108 Å². The Balaban J connectivity index is 1.20. The monoisotopic (exact) mass is 502 g/mol. The standard InChI is InChI=1S/C22H22N4O10/c27-17-7-23(8-18(28)25(17)13-35-21(31)15-1-5-33-11-15)3-4-24-9-19(29)26(20(30)10-24)14-36-22(32)16-2-6-34-12-16/h1-2,5-6,11-12H,3-4,7-10,13-14H2. The minimum Gasteiger partial charge on any atom is -0.472 e. The molecule has 4 heterocycles. The molecule has 2 aliphatic heterocycles. The summed E-state index contributed by atoms with van der Waals surface area (Å²) in [4.78, 5) is 78.2. The Hall–Kier alpha value is -4.30. The molecule has 2 aliphatic rings. The van der Waals surface area contributed by atoms with E-state index in [1.807, 2.05) is 0 Å². The SMILES string of the molecule is O=C(OCN1C(=O)CN(CCN2CC(=O)N(COC(=O)c3ccoc3)C(=O)C2)CC1=O)c1ccoc1. The van der Waals surface area contributed by atoms with Crippen LogP contribution < -0.4 is 0 Å². The Morgan fingerprint density at radius 2 is 1.03 bits per heavy atom. The molecule has 2 fully saturated rings. The van der Waals surface area contributed by atoms with E-state index in [0.29, 0.717) is 0 Å². The first-order valence-electron chi connectivity index (χ1n) is 10.8. The third-order valence-corrected chi connectivity index (χ3v) is 5.54. The van der Waals surface area contributed by atoms with Gasteiger partial charge in [-0.1, -0.05) is 0 Å². The van der Waals surface area contributed by atoms with Crippen LogP contribution in [0.15, 0.2) is 46.0 Å². The maximum absolute atomic E-state index is 12.4. The number of carbonyl (C=O) groups excluding carboxylic acids is 6. The molecule has 0 bridgehead atoms. The van der Waals surface area contributed by atoms with Crippen LogP contribution in [0.4, 0.5) is 0 Å². The number of hydrogen-bond donors (Lipinski definition) is 0. The van der Waals surface area contributed by atoms with E-state index >= 15 is 0 Å². The first kappa shape index (κ1) is 24.8. The summed E-state index contributed by atoms with van der Waals surface area (Å²) in [6.07, 6.45) is 4.97. The van der Waals surface area contributed by atoms with E-state index in [4.69, 9.17) is 18.3 Å². The lowest BCUT2D eigenvalue weighted by atomic mass is 10.2. The van der Waals surface area contributed by atoms with Gasteiger partial charge in [0, 0.05) is 13.1 Å². The van der Waals surface area contributed by atoms with E-state index in [2.05, 4.69) is 0 Å². The number of nitrogens with zero attached hydrogens (tertiary/aromatic N) is 4. The van der Waals surface area contributed by atoms with Gasteiger partial charge in [-0.15, -0.1) is 0 Å². The van der Waals surface area contributed by atoms with Crippen molar-refractivity contribution in [3.8, 4) is 0 Å². The van der Waals surface area contributed by atoms with Crippen molar-refractivity contribution in [2.75, 3.05) is 52.7 Å². The summed E-state index contributed by atoms with van der Waals surface area (Å²) in [6.45, 7) is -0.910. The molecule has 2 saturated heterocycles. The number of amides is 4. The summed E-state index contributed by atoms with van der Waals surface area (Å²) in [5.74, 6) is -3.61. The Bertz CT molecular complexity index is 1020. The van der Waals surface area contributed by atoms with Gasteiger partial charge < -0.3 is 18.3 Å². The van der Waals surface area contributed by atoms with Crippen molar-refractivity contribution >= 4 is 35.6 Å². The van der Waals surface area contributed by atoms with Gasteiger partial charge in [-0.05, 0) is 12.1 Å². The number of esters is 2. The molecule has 2 aromatic heterocycles. The van der Waals surface area contributed by atoms with E-state index in [1.165, 1.54) is 37.2 Å². The number of imide groups is 2. The van der Waals surface area contributed by atoms with Crippen LogP contribution in [0.1, 0.15) is 20.7 Å². The predicted octanol–water partition coefficient (Wildman–Crippen LogP) is -0.857. The van der Waals surface area contributed by atoms with Crippen molar-refractivity contribution in [3.63, 3.8) is 0 Å². The van der Waals surface area contributed by atoms with Crippen LogP contribution in [0.25, 0.3) is 0 Å². The molecule has 190 valence electrons. The van der Waals surface area contributed by atoms with Crippen molar-refractivity contribution in [1.29, 1.82) is 0 Å². The van der Waals surface area contributed by atoms with E-state index in [9.17, 15) is 28.8 Å². The fourth-order valence-electron chi connectivity index (χ4n) is 3.56. The zero-order valence-electron chi connectivity index (χ0n) is 19.0. The Morgan fingerprint density at radius 1 is 0.667 bits per heavy atom. The maximum atomic E-state index is 12.4. The molecule has 0 aliphatic carbocycles. The molecule has 0 spiro atoms. The Labute approximate surface area is 203 Å². The highest BCUT2D eigenvalue weighted by molar-refractivity contribution is 6.00. The largest absolute Gasteiger partial charge is 0.472 e. The number of carbonyl (C=O) groups is 6. The number of piperazine rings is 2. The molecule has 14 heteroatoms. The molecule has 0 N–H and O–H groups in total. The topological polar surface area (TPSA) is 160 Å². The molecule has 36 heavy (non-hydrogen) atoms. The Kier molecular flexibility index (Phi) is 7.56. The van der Waals surface area contributed by atoms with Crippen molar-refractivity contribution < 1.29 is 47.1 Å². The van der Waals surface area contributed by atoms with Gasteiger partial charge in [0.15, 0.2) is 13.5 Å². The van der Waals surface area contributed by atoms with Crippen LogP contribution in [0, 0.1) is 0 Å². The lowest BCUT2D eigenvalue weighted by Gasteiger charge is -2.35. The fourth-order valence-corrected chi connectivity index (χ4v) is 3.56. The summed E-state index contributed by atoms with van der Waals surface area (Å²) in [7, 11) is 0. The smallest absolute Gasteiger partial charge is 0.343 e.